The molecule has 0 radical (unpaired) electrons. The molecular weight excluding hydrogens is 262 g/mol. The first kappa shape index (κ1) is 13.9. The molecule has 0 spiro atoms. The normalized spacial score (nSPS) is 15.2. The Kier molecular flexibility index (Phi) is 3.53. The van der Waals surface area contributed by atoms with E-state index in [1.54, 1.807) is 0 Å². The van der Waals surface area contributed by atoms with E-state index in [0.717, 1.165) is 36.1 Å². The minimum absolute atomic E-state index is 0.110. The average molecular weight is 283 g/mol. The third kappa shape index (κ3) is 2.71. The molecule has 0 saturated heterocycles. The van der Waals surface area contributed by atoms with E-state index in [1.807, 2.05) is 0 Å². The summed E-state index contributed by atoms with van der Waals surface area (Å²) in [4.78, 5) is 18.7. The van der Waals surface area contributed by atoms with Crippen LogP contribution in [0.5, 0.6) is 0 Å². The second-order valence-corrected chi connectivity index (χ2v) is 6.32. The molecule has 21 heavy (non-hydrogen) atoms. The van der Waals surface area contributed by atoms with E-state index in [2.05, 4.69) is 48.4 Å². The van der Waals surface area contributed by atoms with Gasteiger partial charge in [0.1, 0.15) is 5.82 Å². The minimum atomic E-state index is -0.110. The molecule has 0 aliphatic heterocycles. The number of aromatic amines is 1. The summed E-state index contributed by atoms with van der Waals surface area (Å²) in [6.45, 7) is 4.86. The van der Waals surface area contributed by atoms with Crippen LogP contribution in [-0.2, 0) is 10.2 Å². The first-order chi connectivity index (χ1) is 10.1. The highest BCUT2D eigenvalue weighted by atomic mass is 16.1. The van der Waals surface area contributed by atoms with Gasteiger partial charge in [0.05, 0.1) is 11.0 Å². The maximum absolute atomic E-state index is 10.5. The van der Waals surface area contributed by atoms with Crippen molar-refractivity contribution < 1.29 is 4.79 Å². The summed E-state index contributed by atoms with van der Waals surface area (Å²) in [6, 6.07) is 6.32. The molecule has 2 N–H and O–H groups in total. The Balaban J connectivity index is 1.94. The van der Waals surface area contributed by atoms with E-state index in [9.17, 15) is 4.79 Å². The highest BCUT2D eigenvalue weighted by Gasteiger charge is 2.21. The molecule has 1 aliphatic carbocycles. The van der Waals surface area contributed by atoms with Crippen molar-refractivity contribution in [3.05, 3.63) is 35.7 Å². The van der Waals surface area contributed by atoms with Gasteiger partial charge in [-0.1, -0.05) is 26.0 Å². The lowest BCUT2D eigenvalue weighted by atomic mass is 9.84. The SMILES string of the molecule is CC(C)(CNC=O)c1ccc2[nH]c(C3=CCCC3)nc2c1. The van der Waals surface area contributed by atoms with Gasteiger partial charge in [0.2, 0.25) is 6.41 Å². The fourth-order valence-corrected chi connectivity index (χ4v) is 2.86. The van der Waals surface area contributed by atoms with Crippen molar-refractivity contribution in [1.29, 1.82) is 0 Å². The first-order valence-electron chi connectivity index (χ1n) is 7.47. The Morgan fingerprint density at radius 2 is 2.29 bits per heavy atom. The number of amides is 1. The molecule has 1 aromatic carbocycles. The van der Waals surface area contributed by atoms with Gasteiger partial charge in [0.25, 0.3) is 0 Å². The summed E-state index contributed by atoms with van der Waals surface area (Å²) in [5, 5.41) is 2.77. The molecule has 4 nitrogen and oxygen atoms in total. The lowest BCUT2D eigenvalue weighted by Gasteiger charge is -2.24. The molecule has 3 rings (SSSR count). The van der Waals surface area contributed by atoms with Gasteiger partial charge in [-0.25, -0.2) is 4.98 Å². The molecule has 0 atom stereocenters. The predicted octanol–water partition coefficient (Wildman–Crippen LogP) is 3.15. The van der Waals surface area contributed by atoms with Gasteiger partial charge in [-0.3, -0.25) is 4.79 Å². The van der Waals surface area contributed by atoms with Gasteiger partial charge < -0.3 is 10.3 Å². The number of fused-ring (bicyclic) bond motifs is 1. The largest absolute Gasteiger partial charge is 0.358 e. The van der Waals surface area contributed by atoms with Gasteiger partial charge >= 0.3 is 0 Å². The van der Waals surface area contributed by atoms with E-state index >= 15 is 0 Å². The quantitative estimate of drug-likeness (QED) is 0.828. The number of allylic oxidation sites excluding steroid dienone is 2. The summed E-state index contributed by atoms with van der Waals surface area (Å²) in [5.74, 6) is 1.00. The molecule has 4 heteroatoms. The molecule has 0 saturated carbocycles. The Morgan fingerprint density at radius 1 is 1.43 bits per heavy atom. The number of nitrogens with one attached hydrogen (secondary N) is 2. The van der Waals surface area contributed by atoms with Crippen LogP contribution in [0.15, 0.2) is 24.3 Å². The summed E-state index contributed by atoms with van der Waals surface area (Å²) >= 11 is 0. The Bertz CT molecular complexity index is 697. The van der Waals surface area contributed by atoms with Crippen LogP contribution in [0.2, 0.25) is 0 Å². The van der Waals surface area contributed by atoms with Crippen LogP contribution in [-0.4, -0.2) is 22.9 Å². The number of hydrogen-bond donors (Lipinski definition) is 2. The van der Waals surface area contributed by atoms with E-state index in [4.69, 9.17) is 4.98 Å². The molecule has 2 aromatic rings. The first-order valence-corrected chi connectivity index (χ1v) is 7.47. The fraction of sp³-hybridized carbons (Fsp3) is 0.412. The number of rotatable bonds is 5. The van der Waals surface area contributed by atoms with E-state index < -0.39 is 0 Å². The maximum Gasteiger partial charge on any atom is 0.207 e. The number of carbonyl (C=O) groups is 1. The monoisotopic (exact) mass is 283 g/mol. The van der Waals surface area contributed by atoms with Crippen molar-refractivity contribution in [2.75, 3.05) is 6.54 Å². The number of H-pyrrole nitrogens is 1. The second kappa shape index (κ2) is 5.35. The van der Waals surface area contributed by atoms with Crippen LogP contribution in [0.1, 0.15) is 44.5 Å². The molecule has 1 aromatic heterocycles. The van der Waals surface area contributed by atoms with Crippen LogP contribution in [0.25, 0.3) is 16.6 Å². The van der Waals surface area contributed by atoms with Crippen LogP contribution >= 0.6 is 0 Å². The number of aromatic nitrogens is 2. The lowest BCUT2D eigenvalue weighted by molar-refractivity contribution is -0.109. The molecule has 1 amide bonds. The molecule has 1 aliphatic rings. The molecular formula is C17H21N3O. The van der Waals surface area contributed by atoms with E-state index in [-0.39, 0.29) is 5.41 Å². The van der Waals surface area contributed by atoms with Gasteiger partial charge in [-0.2, -0.15) is 0 Å². The topological polar surface area (TPSA) is 57.8 Å². The number of nitrogens with zero attached hydrogens (tertiary/aromatic N) is 1. The van der Waals surface area contributed by atoms with Crippen molar-refractivity contribution in [2.24, 2.45) is 0 Å². The van der Waals surface area contributed by atoms with Gasteiger partial charge in [-0.15, -0.1) is 0 Å². The molecule has 0 bridgehead atoms. The van der Waals surface area contributed by atoms with Gasteiger partial charge in [0.15, 0.2) is 0 Å². The van der Waals surface area contributed by atoms with E-state index in [0.29, 0.717) is 6.54 Å². The molecule has 110 valence electrons. The number of imidazole rings is 1. The molecule has 0 fully saturated rings. The van der Waals surface area contributed by atoms with Crippen molar-refractivity contribution in [3.63, 3.8) is 0 Å². The highest BCUT2D eigenvalue weighted by molar-refractivity contribution is 5.80. The second-order valence-electron chi connectivity index (χ2n) is 6.32. The van der Waals surface area contributed by atoms with Crippen LogP contribution in [0.4, 0.5) is 0 Å². The Morgan fingerprint density at radius 3 is 3.00 bits per heavy atom. The standard InChI is InChI=1S/C17H21N3O/c1-17(2,10-18-11-21)13-7-8-14-15(9-13)20-16(19-14)12-5-3-4-6-12/h5,7-9,11H,3-4,6,10H2,1-2H3,(H,18,21)(H,19,20). The minimum Gasteiger partial charge on any atom is -0.358 e. The van der Waals surface area contributed by atoms with E-state index in [1.165, 1.54) is 17.6 Å². The Labute approximate surface area is 124 Å². The maximum atomic E-state index is 10.5. The van der Waals surface area contributed by atoms with Crippen LogP contribution < -0.4 is 5.32 Å². The number of carbonyl (C=O) groups excluding carboxylic acids is 1. The van der Waals surface area contributed by atoms with Crippen molar-refractivity contribution >= 4 is 23.0 Å². The van der Waals surface area contributed by atoms with Crippen LogP contribution in [0, 0.1) is 0 Å². The highest BCUT2D eigenvalue weighted by Crippen LogP contribution is 2.29. The predicted molar refractivity (Wildman–Crippen MR) is 85.0 cm³/mol. The number of hydrogen-bond acceptors (Lipinski definition) is 2. The number of benzene rings is 1. The third-order valence-electron chi connectivity index (χ3n) is 4.24. The Hall–Kier alpha value is -2.10. The average Bonchev–Trinajstić information content (AvgIpc) is 3.12. The fourth-order valence-electron chi connectivity index (χ4n) is 2.86. The van der Waals surface area contributed by atoms with Gasteiger partial charge in [0, 0.05) is 12.0 Å². The summed E-state index contributed by atoms with van der Waals surface area (Å²) in [6.07, 6.45) is 6.52. The van der Waals surface area contributed by atoms with Crippen molar-refractivity contribution in [1.82, 2.24) is 15.3 Å². The molecule has 1 heterocycles. The van der Waals surface area contributed by atoms with Crippen molar-refractivity contribution in [3.8, 4) is 0 Å². The zero-order valence-corrected chi connectivity index (χ0v) is 12.6. The third-order valence-corrected chi connectivity index (χ3v) is 4.24. The van der Waals surface area contributed by atoms with Crippen molar-refractivity contribution in [2.45, 2.75) is 38.5 Å². The summed E-state index contributed by atoms with van der Waals surface area (Å²) in [5.41, 5.74) is 4.47. The van der Waals surface area contributed by atoms with Crippen LogP contribution in [0.3, 0.4) is 0 Å². The summed E-state index contributed by atoms with van der Waals surface area (Å²) < 4.78 is 0. The molecule has 0 unspecified atom stereocenters. The smallest absolute Gasteiger partial charge is 0.207 e. The van der Waals surface area contributed by atoms with Gasteiger partial charge in [-0.05, 0) is 42.5 Å². The summed E-state index contributed by atoms with van der Waals surface area (Å²) in [7, 11) is 0. The lowest BCUT2D eigenvalue weighted by Crippen LogP contribution is -2.32. The zero-order valence-electron chi connectivity index (χ0n) is 12.6. The zero-order chi connectivity index (χ0) is 14.9.